The summed E-state index contributed by atoms with van der Waals surface area (Å²) in [6, 6.07) is -0.324. The number of rotatable bonds is 4. The molecule has 1 fully saturated rings. The molecule has 19 heavy (non-hydrogen) atoms. The SMILES string of the molecule is CC(CCNC(=O)N1CCCS(=O)(=O)CC1)C(=O)O. The van der Waals surface area contributed by atoms with Crippen molar-refractivity contribution < 1.29 is 23.1 Å². The van der Waals surface area contributed by atoms with Crippen LogP contribution in [0.3, 0.4) is 0 Å². The average molecular weight is 292 g/mol. The lowest BCUT2D eigenvalue weighted by Crippen LogP contribution is -2.42. The third-order valence-electron chi connectivity index (χ3n) is 3.12. The number of urea groups is 1. The molecule has 0 aliphatic carbocycles. The molecule has 7 nitrogen and oxygen atoms in total. The Morgan fingerprint density at radius 1 is 1.32 bits per heavy atom. The van der Waals surface area contributed by atoms with Crippen LogP contribution >= 0.6 is 0 Å². The number of carbonyl (C=O) groups excluding carboxylic acids is 1. The van der Waals surface area contributed by atoms with E-state index in [1.807, 2.05) is 0 Å². The van der Waals surface area contributed by atoms with Crippen molar-refractivity contribution in [1.29, 1.82) is 0 Å². The molecule has 0 saturated carbocycles. The molecule has 1 saturated heterocycles. The molecule has 0 spiro atoms. The molecule has 1 atom stereocenters. The van der Waals surface area contributed by atoms with E-state index < -0.39 is 21.7 Å². The summed E-state index contributed by atoms with van der Waals surface area (Å²) in [5.41, 5.74) is 0. The van der Waals surface area contributed by atoms with Crippen LogP contribution in [0.5, 0.6) is 0 Å². The van der Waals surface area contributed by atoms with Crippen molar-refractivity contribution in [3.05, 3.63) is 0 Å². The number of amides is 2. The summed E-state index contributed by atoms with van der Waals surface area (Å²) in [7, 11) is -3.03. The summed E-state index contributed by atoms with van der Waals surface area (Å²) in [6.45, 7) is 2.46. The van der Waals surface area contributed by atoms with Crippen molar-refractivity contribution in [2.45, 2.75) is 19.8 Å². The molecule has 1 aliphatic heterocycles. The monoisotopic (exact) mass is 292 g/mol. The number of hydrogen-bond acceptors (Lipinski definition) is 4. The second-order valence-electron chi connectivity index (χ2n) is 4.75. The second kappa shape index (κ2) is 6.74. The lowest BCUT2D eigenvalue weighted by molar-refractivity contribution is -0.141. The van der Waals surface area contributed by atoms with Gasteiger partial charge in [0.25, 0.3) is 0 Å². The molecular formula is C11H20N2O5S. The maximum atomic E-state index is 11.8. The first-order chi connectivity index (χ1) is 8.82. The Kier molecular flexibility index (Phi) is 5.59. The summed E-state index contributed by atoms with van der Waals surface area (Å²) >= 11 is 0. The fraction of sp³-hybridized carbons (Fsp3) is 0.818. The number of carboxylic acid groups (broad SMARTS) is 1. The van der Waals surface area contributed by atoms with Crippen LogP contribution in [0, 0.1) is 5.92 Å². The Morgan fingerprint density at radius 3 is 2.63 bits per heavy atom. The summed E-state index contributed by atoms with van der Waals surface area (Å²) in [4.78, 5) is 23.9. The molecule has 2 amide bonds. The summed E-state index contributed by atoms with van der Waals surface area (Å²) < 4.78 is 22.8. The maximum absolute atomic E-state index is 11.8. The number of carboxylic acids is 1. The number of carbonyl (C=O) groups is 2. The standard InChI is InChI=1S/C11H20N2O5S/c1-9(10(14)15)3-4-12-11(16)13-5-2-7-19(17,18)8-6-13/h9H,2-8H2,1H3,(H,12,16)(H,14,15). The van der Waals surface area contributed by atoms with Gasteiger partial charge in [0.2, 0.25) is 0 Å². The topological polar surface area (TPSA) is 104 Å². The van der Waals surface area contributed by atoms with Crippen molar-refractivity contribution in [3.8, 4) is 0 Å². The Bertz CT molecular complexity index is 434. The molecule has 0 aromatic heterocycles. The van der Waals surface area contributed by atoms with Gasteiger partial charge in [-0.15, -0.1) is 0 Å². The minimum Gasteiger partial charge on any atom is -0.481 e. The summed E-state index contributed by atoms with van der Waals surface area (Å²) in [6.07, 6.45) is 0.800. The van der Waals surface area contributed by atoms with E-state index in [2.05, 4.69) is 5.32 Å². The van der Waals surface area contributed by atoms with Crippen molar-refractivity contribution >= 4 is 21.8 Å². The number of hydrogen-bond donors (Lipinski definition) is 2. The fourth-order valence-electron chi connectivity index (χ4n) is 1.77. The number of nitrogens with zero attached hydrogens (tertiary/aromatic N) is 1. The molecule has 1 unspecified atom stereocenters. The minimum atomic E-state index is -3.03. The van der Waals surface area contributed by atoms with E-state index in [9.17, 15) is 18.0 Å². The highest BCUT2D eigenvalue weighted by atomic mass is 32.2. The Labute approximate surface area is 112 Å². The molecule has 110 valence electrons. The van der Waals surface area contributed by atoms with E-state index in [4.69, 9.17) is 5.11 Å². The molecule has 2 N–H and O–H groups in total. The molecule has 0 bridgehead atoms. The predicted octanol–water partition coefficient (Wildman–Crippen LogP) is -0.0727. The van der Waals surface area contributed by atoms with Gasteiger partial charge in [-0.05, 0) is 12.8 Å². The van der Waals surface area contributed by atoms with E-state index in [-0.39, 0.29) is 30.6 Å². The van der Waals surface area contributed by atoms with E-state index in [1.165, 1.54) is 4.90 Å². The molecule has 0 aromatic carbocycles. The van der Waals surface area contributed by atoms with Crippen LogP contribution < -0.4 is 5.32 Å². The van der Waals surface area contributed by atoms with Gasteiger partial charge in [0.1, 0.15) is 0 Å². The smallest absolute Gasteiger partial charge is 0.317 e. The Balaban J connectivity index is 2.35. The maximum Gasteiger partial charge on any atom is 0.317 e. The molecule has 1 heterocycles. The zero-order chi connectivity index (χ0) is 14.5. The van der Waals surface area contributed by atoms with Gasteiger partial charge in [-0.25, -0.2) is 13.2 Å². The van der Waals surface area contributed by atoms with Crippen LogP contribution in [0.15, 0.2) is 0 Å². The normalized spacial score (nSPS) is 20.4. The van der Waals surface area contributed by atoms with Crippen LogP contribution in [0.2, 0.25) is 0 Å². The molecule has 1 rings (SSSR count). The quantitative estimate of drug-likeness (QED) is 0.754. The van der Waals surface area contributed by atoms with Crippen LogP contribution in [-0.2, 0) is 14.6 Å². The second-order valence-corrected chi connectivity index (χ2v) is 7.06. The highest BCUT2D eigenvalue weighted by Crippen LogP contribution is 2.05. The summed E-state index contributed by atoms with van der Waals surface area (Å²) in [5.74, 6) is -1.29. The van der Waals surface area contributed by atoms with Gasteiger partial charge in [-0.3, -0.25) is 4.79 Å². The highest BCUT2D eigenvalue weighted by Gasteiger charge is 2.22. The summed E-state index contributed by atoms with van der Waals surface area (Å²) in [5, 5.41) is 11.3. The van der Waals surface area contributed by atoms with Gasteiger partial charge in [0, 0.05) is 19.6 Å². The molecular weight excluding hydrogens is 272 g/mol. The van der Waals surface area contributed by atoms with Crippen molar-refractivity contribution in [1.82, 2.24) is 10.2 Å². The molecule has 1 aliphatic rings. The largest absolute Gasteiger partial charge is 0.481 e. The zero-order valence-corrected chi connectivity index (χ0v) is 11.8. The van der Waals surface area contributed by atoms with E-state index >= 15 is 0 Å². The van der Waals surface area contributed by atoms with E-state index in [0.29, 0.717) is 19.4 Å². The Morgan fingerprint density at radius 2 is 2.00 bits per heavy atom. The third-order valence-corrected chi connectivity index (χ3v) is 4.83. The molecule has 0 radical (unpaired) electrons. The van der Waals surface area contributed by atoms with E-state index in [1.54, 1.807) is 6.92 Å². The van der Waals surface area contributed by atoms with Gasteiger partial charge in [0.15, 0.2) is 9.84 Å². The van der Waals surface area contributed by atoms with Gasteiger partial charge in [0.05, 0.1) is 17.4 Å². The first-order valence-electron chi connectivity index (χ1n) is 6.28. The van der Waals surface area contributed by atoms with E-state index in [0.717, 1.165) is 0 Å². The van der Waals surface area contributed by atoms with Gasteiger partial charge < -0.3 is 15.3 Å². The first kappa shape index (κ1) is 15.7. The first-order valence-corrected chi connectivity index (χ1v) is 8.10. The third kappa shape index (κ3) is 5.46. The molecule has 8 heteroatoms. The zero-order valence-electron chi connectivity index (χ0n) is 11.0. The van der Waals surface area contributed by atoms with Crippen LogP contribution in [0.25, 0.3) is 0 Å². The Hall–Kier alpha value is -1.31. The average Bonchev–Trinajstić information content (AvgIpc) is 2.49. The fourth-order valence-corrected chi connectivity index (χ4v) is 3.04. The highest BCUT2D eigenvalue weighted by molar-refractivity contribution is 7.91. The number of aliphatic carboxylic acids is 1. The molecule has 0 aromatic rings. The van der Waals surface area contributed by atoms with Crippen LogP contribution in [0.4, 0.5) is 4.79 Å². The van der Waals surface area contributed by atoms with Gasteiger partial charge in [-0.2, -0.15) is 0 Å². The van der Waals surface area contributed by atoms with Crippen LogP contribution in [0.1, 0.15) is 19.8 Å². The minimum absolute atomic E-state index is 0.00799. The van der Waals surface area contributed by atoms with Crippen molar-refractivity contribution in [2.75, 3.05) is 31.1 Å². The van der Waals surface area contributed by atoms with Gasteiger partial charge in [-0.1, -0.05) is 6.92 Å². The number of nitrogens with one attached hydrogen (secondary N) is 1. The lowest BCUT2D eigenvalue weighted by Gasteiger charge is -2.20. The van der Waals surface area contributed by atoms with Crippen molar-refractivity contribution in [2.24, 2.45) is 5.92 Å². The van der Waals surface area contributed by atoms with Crippen LogP contribution in [-0.4, -0.2) is 61.6 Å². The van der Waals surface area contributed by atoms with Crippen molar-refractivity contribution in [3.63, 3.8) is 0 Å². The lowest BCUT2D eigenvalue weighted by atomic mass is 10.1. The van der Waals surface area contributed by atoms with Gasteiger partial charge >= 0.3 is 12.0 Å². The number of sulfone groups is 1. The predicted molar refractivity (Wildman–Crippen MR) is 69.7 cm³/mol.